The molecule has 1 fully saturated rings. The van der Waals surface area contributed by atoms with Crippen LogP contribution in [0.15, 0.2) is 6.07 Å². The van der Waals surface area contributed by atoms with E-state index >= 15 is 0 Å². The van der Waals surface area contributed by atoms with Crippen molar-refractivity contribution in [2.24, 2.45) is 0 Å². The molecule has 0 bridgehead atoms. The molecular formula is C17H27NOS. The molecule has 2 nitrogen and oxygen atoms in total. The van der Waals surface area contributed by atoms with Crippen LogP contribution >= 0.6 is 11.8 Å². The van der Waals surface area contributed by atoms with Gasteiger partial charge in [0, 0.05) is 28.2 Å². The van der Waals surface area contributed by atoms with Crippen LogP contribution in [0.3, 0.4) is 0 Å². The second-order valence-electron chi connectivity index (χ2n) is 6.63. The summed E-state index contributed by atoms with van der Waals surface area (Å²) in [7, 11) is 0. The van der Waals surface area contributed by atoms with Gasteiger partial charge in [-0.1, -0.05) is 19.3 Å². The average molecular weight is 293 g/mol. The quantitative estimate of drug-likeness (QED) is 0.902. The molecule has 1 aromatic rings. The third-order valence-electron chi connectivity index (χ3n) is 5.34. The van der Waals surface area contributed by atoms with Crippen molar-refractivity contribution >= 4 is 11.8 Å². The molecule has 1 saturated carbocycles. The summed E-state index contributed by atoms with van der Waals surface area (Å²) in [5.74, 6) is 0. The van der Waals surface area contributed by atoms with Crippen LogP contribution in [-0.2, 0) is 13.0 Å². The first-order valence-corrected chi connectivity index (χ1v) is 9.30. The maximum Gasteiger partial charge on any atom is 0.0807 e. The van der Waals surface area contributed by atoms with Crippen LogP contribution in [0.25, 0.3) is 0 Å². The lowest BCUT2D eigenvalue weighted by molar-refractivity contribution is 0.155. The van der Waals surface area contributed by atoms with E-state index in [1.165, 1.54) is 49.1 Å². The van der Waals surface area contributed by atoms with Crippen molar-refractivity contribution in [3.05, 3.63) is 23.0 Å². The molecule has 2 aliphatic carbocycles. The van der Waals surface area contributed by atoms with Gasteiger partial charge in [-0.25, -0.2) is 0 Å². The van der Waals surface area contributed by atoms with Crippen molar-refractivity contribution in [3.8, 4) is 0 Å². The lowest BCUT2D eigenvalue weighted by Crippen LogP contribution is -2.34. The summed E-state index contributed by atoms with van der Waals surface area (Å²) in [6.07, 6.45) is 12.1. The van der Waals surface area contributed by atoms with Gasteiger partial charge >= 0.3 is 0 Å². The monoisotopic (exact) mass is 293 g/mol. The largest absolute Gasteiger partial charge is 0.388 e. The van der Waals surface area contributed by atoms with Crippen molar-refractivity contribution in [1.82, 2.24) is 4.57 Å². The Morgan fingerprint density at radius 2 is 2.05 bits per heavy atom. The number of aryl methyl sites for hydroxylation is 1. The Balaban J connectivity index is 1.90. The van der Waals surface area contributed by atoms with E-state index in [2.05, 4.69) is 35.6 Å². The fraction of sp³-hybridized carbons (Fsp3) is 0.765. The molecule has 0 radical (unpaired) electrons. The molecule has 3 heteroatoms. The fourth-order valence-corrected chi connectivity index (χ4v) is 5.03. The Morgan fingerprint density at radius 3 is 2.75 bits per heavy atom. The summed E-state index contributed by atoms with van der Waals surface area (Å²) in [6, 6.07) is 2.23. The maximum atomic E-state index is 10.2. The average Bonchev–Trinajstić information content (AvgIpc) is 2.78. The number of aliphatic hydroxyl groups is 1. The van der Waals surface area contributed by atoms with E-state index in [0.717, 1.165) is 25.8 Å². The van der Waals surface area contributed by atoms with E-state index in [1.807, 2.05) is 0 Å². The molecule has 0 spiro atoms. The van der Waals surface area contributed by atoms with Gasteiger partial charge in [0.25, 0.3) is 0 Å². The van der Waals surface area contributed by atoms with Crippen LogP contribution in [-0.4, -0.2) is 20.7 Å². The third-order valence-corrected chi connectivity index (χ3v) is 6.75. The highest BCUT2D eigenvalue weighted by molar-refractivity contribution is 8.00. The predicted molar refractivity (Wildman–Crippen MR) is 86.4 cm³/mol. The second kappa shape index (κ2) is 5.76. The van der Waals surface area contributed by atoms with Gasteiger partial charge in [0.15, 0.2) is 0 Å². The first-order chi connectivity index (χ1) is 9.65. The molecule has 1 heterocycles. The first kappa shape index (κ1) is 14.5. The lowest BCUT2D eigenvalue weighted by atomic mass is 9.87. The molecule has 0 saturated heterocycles. The van der Waals surface area contributed by atoms with Gasteiger partial charge < -0.3 is 9.67 Å². The molecule has 20 heavy (non-hydrogen) atoms. The minimum atomic E-state index is -0.227. The van der Waals surface area contributed by atoms with E-state index < -0.39 is 0 Å². The molecule has 2 aliphatic rings. The number of aliphatic hydroxyl groups excluding tert-OH is 1. The van der Waals surface area contributed by atoms with Crippen molar-refractivity contribution in [2.75, 3.05) is 6.26 Å². The first-order valence-electron chi connectivity index (χ1n) is 8.07. The van der Waals surface area contributed by atoms with Crippen molar-refractivity contribution < 1.29 is 5.11 Å². The normalized spacial score (nSPS) is 25.4. The zero-order valence-electron chi connectivity index (χ0n) is 12.8. The Bertz CT molecular complexity index is 474. The summed E-state index contributed by atoms with van der Waals surface area (Å²) in [5.41, 5.74) is 3.97. The number of rotatable bonds is 3. The number of thioether (sulfide) groups is 1. The van der Waals surface area contributed by atoms with E-state index in [0.29, 0.717) is 4.75 Å². The number of hydrogen-bond donors (Lipinski definition) is 1. The molecule has 3 rings (SSSR count). The van der Waals surface area contributed by atoms with Crippen LogP contribution in [0.5, 0.6) is 0 Å². The molecule has 1 unspecified atom stereocenters. The Hall–Kier alpha value is -0.410. The van der Waals surface area contributed by atoms with Gasteiger partial charge in [-0.3, -0.25) is 0 Å². The summed E-state index contributed by atoms with van der Waals surface area (Å²) >= 11 is 2.07. The predicted octanol–water partition coefficient (Wildman–Crippen LogP) is 4.23. The minimum Gasteiger partial charge on any atom is -0.388 e. The SMILES string of the molecule is CSC1(Cn2c(C)cc3c2CCCC3O)CCCCC1. The third kappa shape index (κ3) is 2.55. The molecule has 0 amide bonds. The summed E-state index contributed by atoms with van der Waals surface area (Å²) < 4.78 is 2.96. The van der Waals surface area contributed by atoms with Crippen molar-refractivity contribution in [1.29, 1.82) is 0 Å². The smallest absolute Gasteiger partial charge is 0.0807 e. The van der Waals surface area contributed by atoms with Crippen molar-refractivity contribution in [2.45, 2.75) is 75.7 Å². The maximum absolute atomic E-state index is 10.2. The Kier molecular flexibility index (Phi) is 4.19. The topological polar surface area (TPSA) is 25.2 Å². The van der Waals surface area contributed by atoms with Crippen LogP contribution in [0.4, 0.5) is 0 Å². The molecule has 1 aromatic heterocycles. The van der Waals surface area contributed by atoms with Crippen LogP contribution in [0.1, 0.15) is 68.0 Å². The highest BCUT2D eigenvalue weighted by Crippen LogP contribution is 2.42. The molecule has 1 N–H and O–H groups in total. The lowest BCUT2D eigenvalue weighted by Gasteiger charge is -2.37. The van der Waals surface area contributed by atoms with Crippen LogP contribution < -0.4 is 0 Å². The van der Waals surface area contributed by atoms with Gasteiger partial charge in [0.2, 0.25) is 0 Å². The fourth-order valence-electron chi connectivity index (χ4n) is 4.07. The molecule has 0 aromatic carbocycles. The summed E-state index contributed by atoms with van der Waals surface area (Å²) in [4.78, 5) is 0. The standard InChI is InChI=1S/C17H27NOS/c1-13-11-14-15(7-6-8-16(14)19)18(13)12-17(20-2)9-4-3-5-10-17/h11,16,19H,3-10,12H2,1-2H3. The zero-order valence-corrected chi connectivity index (χ0v) is 13.6. The van der Waals surface area contributed by atoms with Crippen LogP contribution in [0.2, 0.25) is 0 Å². The highest BCUT2D eigenvalue weighted by Gasteiger charge is 2.33. The Labute approximate surface area is 127 Å². The number of nitrogens with zero attached hydrogens (tertiary/aromatic N) is 1. The van der Waals surface area contributed by atoms with Gasteiger partial charge in [0.1, 0.15) is 0 Å². The molecule has 0 aliphatic heterocycles. The van der Waals surface area contributed by atoms with Crippen molar-refractivity contribution in [3.63, 3.8) is 0 Å². The van der Waals surface area contributed by atoms with E-state index in [1.54, 1.807) is 0 Å². The Morgan fingerprint density at radius 1 is 1.30 bits per heavy atom. The van der Waals surface area contributed by atoms with Gasteiger partial charge in [-0.2, -0.15) is 11.8 Å². The van der Waals surface area contributed by atoms with Crippen LogP contribution in [0, 0.1) is 6.92 Å². The number of aromatic nitrogens is 1. The molecule has 1 atom stereocenters. The second-order valence-corrected chi connectivity index (χ2v) is 7.90. The molecular weight excluding hydrogens is 266 g/mol. The molecule has 112 valence electrons. The highest BCUT2D eigenvalue weighted by atomic mass is 32.2. The summed E-state index contributed by atoms with van der Waals surface area (Å²) in [6.45, 7) is 3.35. The van der Waals surface area contributed by atoms with E-state index in [-0.39, 0.29) is 6.10 Å². The number of fused-ring (bicyclic) bond motifs is 1. The zero-order chi connectivity index (χ0) is 14.2. The number of hydrogen-bond acceptors (Lipinski definition) is 2. The van der Waals surface area contributed by atoms with Gasteiger partial charge in [0.05, 0.1) is 6.10 Å². The summed E-state index contributed by atoms with van der Waals surface area (Å²) in [5, 5.41) is 10.2. The van der Waals surface area contributed by atoms with Gasteiger partial charge in [-0.05, 0) is 51.3 Å². The van der Waals surface area contributed by atoms with Gasteiger partial charge in [-0.15, -0.1) is 0 Å². The van der Waals surface area contributed by atoms with E-state index in [9.17, 15) is 5.11 Å². The minimum absolute atomic E-state index is 0.227. The van der Waals surface area contributed by atoms with E-state index in [4.69, 9.17) is 0 Å².